The second-order valence-electron chi connectivity index (χ2n) is 4.31. The Morgan fingerprint density at radius 1 is 1.15 bits per heavy atom. The largest absolute Gasteiger partial charge is 0.493 e. The van der Waals surface area contributed by atoms with Crippen LogP contribution in [0.5, 0.6) is 5.75 Å². The van der Waals surface area contributed by atoms with Crippen LogP contribution in [-0.4, -0.2) is 12.5 Å². The lowest BCUT2D eigenvalue weighted by atomic mass is 10.2. The van der Waals surface area contributed by atoms with E-state index >= 15 is 0 Å². The maximum atomic E-state index is 12.8. The molecule has 2 rings (SSSR count). The summed E-state index contributed by atoms with van der Waals surface area (Å²) in [5.41, 5.74) is 1.01. The predicted octanol–water partition coefficient (Wildman–Crippen LogP) is 3.87. The number of benzene rings is 2. The van der Waals surface area contributed by atoms with Crippen molar-refractivity contribution in [2.45, 2.75) is 13.3 Å². The molecule has 0 aliphatic carbocycles. The number of hydrogen-bond acceptors (Lipinski definition) is 2. The smallest absolute Gasteiger partial charge is 0.259 e. The van der Waals surface area contributed by atoms with E-state index in [1.54, 1.807) is 18.2 Å². The van der Waals surface area contributed by atoms with Gasteiger partial charge in [-0.25, -0.2) is 4.39 Å². The summed E-state index contributed by atoms with van der Waals surface area (Å²) in [6, 6.07) is 12.7. The highest BCUT2D eigenvalue weighted by Crippen LogP contribution is 2.20. The van der Waals surface area contributed by atoms with Crippen LogP contribution < -0.4 is 10.1 Å². The number of nitrogens with one attached hydrogen (secondary N) is 1. The van der Waals surface area contributed by atoms with E-state index in [0.717, 1.165) is 6.42 Å². The van der Waals surface area contributed by atoms with E-state index in [1.165, 1.54) is 24.3 Å². The summed E-state index contributed by atoms with van der Waals surface area (Å²) in [6.07, 6.45) is 0.869. The molecule has 1 amide bonds. The Morgan fingerprint density at radius 2 is 1.85 bits per heavy atom. The normalized spacial score (nSPS) is 10.1. The Hall–Kier alpha value is -2.36. The standard InChI is InChI=1S/C16H16FNO2/c1-2-11-20-15-6-4-3-5-14(15)16(19)18-13-9-7-12(17)8-10-13/h3-10H,2,11H2,1H3,(H,18,19). The van der Waals surface area contributed by atoms with Crippen LogP contribution in [0.2, 0.25) is 0 Å². The third-order valence-electron chi connectivity index (χ3n) is 2.70. The van der Waals surface area contributed by atoms with Crippen molar-refractivity contribution in [3.05, 3.63) is 59.9 Å². The highest BCUT2D eigenvalue weighted by atomic mass is 19.1. The molecular weight excluding hydrogens is 257 g/mol. The highest BCUT2D eigenvalue weighted by molar-refractivity contribution is 6.06. The molecule has 20 heavy (non-hydrogen) atoms. The number of rotatable bonds is 5. The molecule has 0 spiro atoms. The van der Waals surface area contributed by atoms with Gasteiger partial charge in [-0.3, -0.25) is 4.79 Å². The second kappa shape index (κ2) is 6.70. The summed E-state index contributed by atoms with van der Waals surface area (Å²) in [5, 5.41) is 2.72. The predicted molar refractivity (Wildman–Crippen MR) is 76.6 cm³/mol. The van der Waals surface area contributed by atoms with E-state index in [9.17, 15) is 9.18 Å². The molecule has 0 aliphatic heterocycles. The maximum Gasteiger partial charge on any atom is 0.259 e. The van der Waals surface area contributed by atoms with Gasteiger partial charge in [0.1, 0.15) is 11.6 Å². The third kappa shape index (κ3) is 3.57. The monoisotopic (exact) mass is 273 g/mol. The van der Waals surface area contributed by atoms with E-state index in [1.807, 2.05) is 13.0 Å². The summed E-state index contributed by atoms with van der Waals surface area (Å²) in [4.78, 5) is 12.2. The van der Waals surface area contributed by atoms with Gasteiger partial charge in [0.2, 0.25) is 0 Å². The van der Waals surface area contributed by atoms with Crippen molar-refractivity contribution < 1.29 is 13.9 Å². The molecule has 4 heteroatoms. The molecule has 2 aromatic rings. The van der Waals surface area contributed by atoms with Crippen molar-refractivity contribution in [2.24, 2.45) is 0 Å². The van der Waals surface area contributed by atoms with Gasteiger partial charge in [-0.15, -0.1) is 0 Å². The van der Waals surface area contributed by atoms with Gasteiger partial charge in [0.15, 0.2) is 0 Å². The lowest BCUT2D eigenvalue weighted by Gasteiger charge is -2.11. The first-order valence-corrected chi connectivity index (χ1v) is 6.49. The summed E-state index contributed by atoms with van der Waals surface area (Å²) in [7, 11) is 0. The molecule has 0 atom stereocenters. The molecule has 0 aliphatic rings. The number of ether oxygens (including phenoxy) is 1. The molecule has 0 bridgehead atoms. The molecule has 0 fully saturated rings. The van der Waals surface area contributed by atoms with Gasteiger partial charge < -0.3 is 10.1 Å². The molecule has 0 aromatic heterocycles. The fraction of sp³-hybridized carbons (Fsp3) is 0.188. The summed E-state index contributed by atoms with van der Waals surface area (Å²) < 4.78 is 18.4. The number of anilines is 1. The van der Waals surface area contributed by atoms with Gasteiger partial charge in [0.05, 0.1) is 12.2 Å². The molecule has 104 valence electrons. The van der Waals surface area contributed by atoms with Crippen LogP contribution in [0.25, 0.3) is 0 Å². The summed E-state index contributed by atoms with van der Waals surface area (Å²) >= 11 is 0. The van der Waals surface area contributed by atoms with Crippen LogP contribution in [0.1, 0.15) is 23.7 Å². The molecule has 0 heterocycles. The Morgan fingerprint density at radius 3 is 2.55 bits per heavy atom. The Balaban J connectivity index is 2.14. The number of amides is 1. The number of carbonyl (C=O) groups excluding carboxylic acids is 1. The quantitative estimate of drug-likeness (QED) is 0.898. The van der Waals surface area contributed by atoms with Gasteiger partial charge in [0, 0.05) is 5.69 Å². The van der Waals surface area contributed by atoms with E-state index in [4.69, 9.17) is 4.74 Å². The maximum absolute atomic E-state index is 12.8. The van der Waals surface area contributed by atoms with Crippen molar-refractivity contribution in [1.82, 2.24) is 0 Å². The number of halogens is 1. The van der Waals surface area contributed by atoms with E-state index < -0.39 is 0 Å². The molecular formula is C16H16FNO2. The van der Waals surface area contributed by atoms with Crippen molar-refractivity contribution >= 4 is 11.6 Å². The van der Waals surface area contributed by atoms with Gasteiger partial charge in [-0.1, -0.05) is 19.1 Å². The van der Waals surface area contributed by atoms with Crippen molar-refractivity contribution in [2.75, 3.05) is 11.9 Å². The topological polar surface area (TPSA) is 38.3 Å². The first-order valence-electron chi connectivity index (χ1n) is 6.49. The zero-order chi connectivity index (χ0) is 14.4. The molecule has 0 saturated heterocycles. The van der Waals surface area contributed by atoms with Gasteiger partial charge in [-0.2, -0.15) is 0 Å². The number of para-hydroxylation sites is 1. The number of carbonyl (C=O) groups is 1. The Labute approximate surface area is 117 Å². The average molecular weight is 273 g/mol. The summed E-state index contributed by atoms with van der Waals surface area (Å²) in [5.74, 6) is -0.0630. The lowest BCUT2D eigenvalue weighted by molar-refractivity contribution is 0.102. The van der Waals surface area contributed by atoms with Crippen LogP contribution in [-0.2, 0) is 0 Å². The second-order valence-corrected chi connectivity index (χ2v) is 4.31. The van der Waals surface area contributed by atoms with Crippen molar-refractivity contribution in [3.63, 3.8) is 0 Å². The van der Waals surface area contributed by atoms with Gasteiger partial charge in [0.25, 0.3) is 5.91 Å². The SMILES string of the molecule is CCCOc1ccccc1C(=O)Nc1ccc(F)cc1. The Kier molecular flexibility index (Phi) is 4.71. The summed E-state index contributed by atoms with van der Waals surface area (Å²) in [6.45, 7) is 2.56. The first kappa shape index (κ1) is 14.1. The molecule has 0 saturated carbocycles. The fourth-order valence-corrected chi connectivity index (χ4v) is 1.72. The fourth-order valence-electron chi connectivity index (χ4n) is 1.72. The molecule has 0 radical (unpaired) electrons. The highest BCUT2D eigenvalue weighted by Gasteiger charge is 2.12. The van der Waals surface area contributed by atoms with E-state index in [2.05, 4.69) is 5.32 Å². The number of hydrogen-bond donors (Lipinski definition) is 1. The van der Waals surface area contributed by atoms with Crippen LogP contribution in [0.15, 0.2) is 48.5 Å². The van der Waals surface area contributed by atoms with Crippen LogP contribution in [0.3, 0.4) is 0 Å². The van der Waals surface area contributed by atoms with Gasteiger partial charge in [-0.05, 0) is 42.8 Å². The van der Waals surface area contributed by atoms with E-state index in [0.29, 0.717) is 23.6 Å². The van der Waals surface area contributed by atoms with Crippen LogP contribution >= 0.6 is 0 Å². The van der Waals surface area contributed by atoms with E-state index in [-0.39, 0.29) is 11.7 Å². The lowest BCUT2D eigenvalue weighted by Crippen LogP contribution is -2.13. The Bertz CT molecular complexity index is 581. The minimum absolute atomic E-state index is 0.275. The minimum atomic E-state index is -0.338. The minimum Gasteiger partial charge on any atom is -0.493 e. The third-order valence-corrected chi connectivity index (χ3v) is 2.70. The van der Waals surface area contributed by atoms with Crippen LogP contribution in [0, 0.1) is 5.82 Å². The zero-order valence-electron chi connectivity index (χ0n) is 11.2. The average Bonchev–Trinajstić information content (AvgIpc) is 2.47. The molecule has 0 unspecified atom stereocenters. The molecule has 3 nitrogen and oxygen atoms in total. The first-order chi connectivity index (χ1) is 9.70. The van der Waals surface area contributed by atoms with Crippen molar-refractivity contribution in [3.8, 4) is 5.75 Å². The zero-order valence-corrected chi connectivity index (χ0v) is 11.2. The molecule has 1 N–H and O–H groups in total. The van der Waals surface area contributed by atoms with Crippen LogP contribution in [0.4, 0.5) is 10.1 Å². The van der Waals surface area contributed by atoms with Gasteiger partial charge >= 0.3 is 0 Å². The molecule has 2 aromatic carbocycles. The van der Waals surface area contributed by atoms with Crippen molar-refractivity contribution in [1.29, 1.82) is 0 Å².